The van der Waals surface area contributed by atoms with Crippen molar-refractivity contribution in [1.29, 1.82) is 0 Å². The Kier molecular flexibility index (Phi) is 8.73. The molecular formula is C25H31ClF2N4O3. The van der Waals surface area contributed by atoms with Crippen LogP contribution < -0.4 is 9.64 Å². The van der Waals surface area contributed by atoms with Crippen molar-refractivity contribution in [3.8, 4) is 5.75 Å². The van der Waals surface area contributed by atoms with Crippen molar-refractivity contribution in [1.82, 2.24) is 14.9 Å². The van der Waals surface area contributed by atoms with Gasteiger partial charge in [-0.1, -0.05) is 18.0 Å². The zero-order valence-corrected chi connectivity index (χ0v) is 20.4. The molecule has 7 nitrogen and oxygen atoms in total. The first kappa shape index (κ1) is 25.6. The van der Waals surface area contributed by atoms with E-state index in [1.54, 1.807) is 12.4 Å². The lowest BCUT2D eigenvalue weighted by Crippen LogP contribution is -2.51. The van der Waals surface area contributed by atoms with Gasteiger partial charge in [-0.2, -0.15) is 0 Å². The highest BCUT2D eigenvalue weighted by molar-refractivity contribution is 6.30. The number of amides is 1. The van der Waals surface area contributed by atoms with E-state index in [1.807, 2.05) is 0 Å². The van der Waals surface area contributed by atoms with Crippen molar-refractivity contribution < 1.29 is 23.4 Å². The number of ether oxygens (including phenoxy) is 1. The molecule has 2 aliphatic rings. The number of aliphatic hydroxyl groups is 1. The normalized spacial score (nSPS) is 16.9. The molecule has 1 aromatic carbocycles. The molecule has 0 bridgehead atoms. The molecule has 2 saturated heterocycles. The number of hydrogen-bond acceptors (Lipinski definition) is 6. The second-order valence-corrected chi connectivity index (χ2v) is 9.80. The number of halogens is 3. The predicted octanol–water partition coefficient (Wildman–Crippen LogP) is 3.87. The molecule has 2 fully saturated rings. The highest BCUT2D eigenvalue weighted by Crippen LogP contribution is 2.26. The molecule has 1 N–H and O–H groups in total. The molecule has 0 atom stereocenters. The van der Waals surface area contributed by atoms with Crippen LogP contribution in [0.5, 0.6) is 5.75 Å². The molecule has 1 amide bonds. The van der Waals surface area contributed by atoms with Gasteiger partial charge in [-0.3, -0.25) is 4.79 Å². The molecule has 2 aliphatic heterocycles. The van der Waals surface area contributed by atoms with Crippen molar-refractivity contribution in [2.75, 3.05) is 44.3 Å². The second kappa shape index (κ2) is 11.9. The zero-order valence-electron chi connectivity index (χ0n) is 19.6. The van der Waals surface area contributed by atoms with E-state index in [0.717, 1.165) is 57.3 Å². The first-order valence-corrected chi connectivity index (χ1v) is 12.5. The SMILES string of the molecule is O=C(Cc1c(F)cc(OCCCCC2CCN(c3ncc(Cl)cn3)CC2)cc1F)N1CC(CO)C1. The average molecular weight is 509 g/mol. The number of aliphatic hydroxyl groups excluding tert-OH is 1. The van der Waals surface area contributed by atoms with Crippen molar-refractivity contribution in [2.24, 2.45) is 11.8 Å². The van der Waals surface area contributed by atoms with Gasteiger partial charge in [0.15, 0.2) is 0 Å². The molecule has 2 aromatic rings. The summed E-state index contributed by atoms with van der Waals surface area (Å²) in [5.74, 6) is -0.352. The third-order valence-electron chi connectivity index (χ3n) is 6.79. The van der Waals surface area contributed by atoms with Crippen LogP contribution in [0, 0.1) is 23.5 Å². The van der Waals surface area contributed by atoms with E-state index in [2.05, 4.69) is 14.9 Å². The lowest BCUT2D eigenvalue weighted by molar-refractivity contribution is -0.137. The third kappa shape index (κ3) is 6.79. The predicted molar refractivity (Wildman–Crippen MR) is 129 cm³/mol. The fraction of sp³-hybridized carbons (Fsp3) is 0.560. The van der Waals surface area contributed by atoms with E-state index in [-0.39, 0.29) is 36.2 Å². The molecule has 0 saturated carbocycles. The van der Waals surface area contributed by atoms with Crippen molar-refractivity contribution in [3.05, 3.63) is 46.7 Å². The van der Waals surface area contributed by atoms with Crippen molar-refractivity contribution >= 4 is 23.5 Å². The first-order chi connectivity index (χ1) is 16.9. The molecule has 0 unspecified atom stereocenters. The average Bonchev–Trinajstić information content (AvgIpc) is 2.81. The second-order valence-electron chi connectivity index (χ2n) is 9.37. The Bertz CT molecular complexity index is 974. The largest absolute Gasteiger partial charge is 0.493 e. The van der Waals surface area contributed by atoms with Gasteiger partial charge in [0.1, 0.15) is 17.4 Å². The van der Waals surface area contributed by atoms with E-state index >= 15 is 0 Å². The number of hydrogen-bond donors (Lipinski definition) is 1. The topological polar surface area (TPSA) is 78.8 Å². The molecule has 0 radical (unpaired) electrons. The fourth-order valence-corrected chi connectivity index (χ4v) is 4.70. The Hall–Kier alpha value is -2.52. The van der Waals surface area contributed by atoms with Crippen molar-refractivity contribution in [3.63, 3.8) is 0 Å². The maximum Gasteiger partial charge on any atom is 0.227 e. The van der Waals surface area contributed by atoms with Crippen LogP contribution >= 0.6 is 11.6 Å². The maximum absolute atomic E-state index is 14.4. The number of unbranched alkanes of at least 4 members (excludes halogenated alkanes) is 1. The Balaban J connectivity index is 1.14. The molecule has 3 heterocycles. The molecule has 190 valence electrons. The van der Waals surface area contributed by atoms with Gasteiger partial charge in [0, 0.05) is 56.4 Å². The number of anilines is 1. The van der Waals surface area contributed by atoms with Gasteiger partial charge < -0.3 is 19.6 Å². The highest BCUT2D eigenvalue weighted by atomic mass is 35.5. The summed E-state index contributed by atoms with van der Waals surface area (Å²) >= 11 is 5.85. The van der Waals surface area contributed by atoms with E-state index in [9.17, 15) is 13.6 Å². The summed E-state index contributed by atoms with van der Waals surface area (Å²) in [7, 11) is 0. The standard InChI is InChI=1S/C25H31ClF2N4O3/c26-19-12-29-25(30-13-19)31-6-4-17(5-7-31)3-1-2-8-35-20-9-22(27)21(23(28)10-20)11-24(34)32-14-18(15-32)16-33/h9-10,12-13,17-18,33H,1-8,11,14-16H2. The highest BCUT2D eigenvalue weighted by Gasteiger charge is 2.30. The minimum atomic E-state index is -0.774. The van der Waals surface area contributed by atoms with Crippen LogP contribution in [0.4, 0.5) is 14.7 Å². The van der Waals surface area contributed by atoms with Gasteiger partial charge >= 0.3 is 0 Å². The quantitative estimate of drug-likeness (QED) is 0.491. The Morgan fingerprint density at radius 2 is 1.74 bits per heavy atom. The molecular weight excluding hydrogens is 478 g/mol. The Labute approximate surface area is 209 Å². The minimum absolute atomic E-state index is 0.0115. The van der Waals surface area contributed by atoms with Crippen LogP contribution in [0.2, 0.25) is 5.02 Å². The molecule has 0 aliphatic carbocycles. The zero-order chi connectivity index (χ0) is 24.8. The number of nitrogens with zero attached hydrogens (tertiary/aromatic N) is 4. The number of carbonyl (C=O) groups is 1. The Morgan fingerprint density at radius 3 is 2.37 bits per heavy atom. The van der Waals surface area contributed by atoms with Crippen LogP contribution in [-0.4, -0.2) is 65.3 Å². The monoisotopic (exact) mass is 508 g/mol. The van der Waals surface area contributed by atoms with Gasteiger partial charge in [-0.05, 0) is 31.6 Å². The lowest BCUT2D eigenvalue weighted by atomic mass is 9.92. The summed E-state index contributed by atoms with van der Waals surface area (Å²) in [6.45, 7) is 3.07. The number of piperidine rings is 1. The van der Waals surface area contributed by atoms with Crippen LogP contribution in [0.25, 0.3) is 0 Å². The lowest BCUT2D eigenvalue weighted by Gasteiger charge is -2.38. The van der Waals surface area contributed by atoms with Gasteiger partial charge in [0.2, 0.25) is 11.9 Å². The van der Waals surface area contributed by atoms with Crippen molar-refractivity contribution in [2.45, 2.75) is 38.5 Å². The maximum atomic E-state index is 14.4. The first-order valence-electron chi connectivity index (χ1n) is 12.1. The summed E-state index contributed by atoms with van der Waals surface area (Å²) in [5, 5.41) is 9.57. The molecule has 0 spiro atoms. The van der Waals surface area contributed by atoms with Gasteiger partial charge in [0.25, 0.3) is 0 Å². The van der Waals surface area contributed by atoms with E-state index in [1.165, 1.54) is 4.90 Å². The molecule has 10 heteroatoms. The fourth-order valence-electron chi connectivity index (χ4n) is 4.60. The molecule has 4 rings (SSSR count). The van der Waals surface area contributed by atoms with Gasteiger partial charge in [-0.15, -0.1) is 0 Å². The number of carbonyl (C=O) groups excluding carboxylic acids is 1. The molecule has 1 aromatic heterocycles. The molecule has 35 heavy (non-hydrogen) atoms. The minimum Gasteiger partial charge on any atom is -0.493 e. The van der Waals surface area contributed by atoms with Crippen LogP contribution in [0.15, 0.2) is 24.5 Å². The van der Waals surface area contributed by atoms with Gasteiger partial charge in [-0.25, -0.2) is 18.7 Å². The summed E-state index contributed by atoms with van der Waals surface area (Å²) < 4.78 is 34.5. The number of aromatic nitrogens is 2. The van der Waals surface area contributed by atoms with E-state index < -0.39 is 11.6 Å². The summed E-state index contributed by atoms with van der Waals surface area (Å²) in [5.41, 5.74) is -0.245. The third-order valence-corrected chi connectivity index (χ3v) is 6.99. The van der Waals surface area contributed by atoms with E-state index in [4.69, 9.17) is 21.4 Å². The van der Waals surface area contributed by atoms with Crippen LogP contribution in [0.3, 0.4) is 0 Å². The summed E-state index contributed by atoms with van der Waals surface area (Å²) in [6, 6.07) is 2.29. The number of benzene rings is 1. The van der Waals surface area contributed by atoms with E-state index in [0.29, 0.717) is 36.6 Å². The summed E-state index contributed by atoms with van der Waals surface area (Å²) in [6.07, 6.45) is 7.89. The summed E-state index contributed by atoms with van der Waals surface area (Å²) in [4.78, 5) is 24.4. The number of rotatable bonds is 10. The van der Waals surface area contributed by atoms with Crippen LogP contribution in [-0.2, 0) is 11.2 Å². The van der Waals surface area contributed by atoms with Gasteiger partial charge in [0.05, 0.1) is 30.4 Å². The number of likely N-dealkylation sites (tertiary alicyclic amines) is 1. The smallest absolute Gasteiger partial charge is 0.227 e. The van der Waals surface area contributed by atoms with Crippen LogP contribution in [0.1, 0.15) is 37.7 Å². The Morgan fingerprint density at radius 1 is 1.09 bits per heavy atom.